The third-order valence-electron chi connectivity index (χ3n) is 3.46. The van der Waals surface area contributed by atoms with Crippen molar-refractivity contribution in [3.63, 3.8) is 0 Å². The van der Waals surface area contributed by atoms with Crippen LogP contribution in [0.15, 0.2) is 27.6 Å². The first-order chi connectivity index (χ1) is 9.60. The van der Waals surface area contributed by atoms with Crippen LogP contribution in [0.1, 0.15) is 25.3 Å². The second kappa shape index (κ2) is 5.89. The third kappa shape index (κ3) is 3.78. The van der Waals surface area contributed by atoms with Crippen LogP contribution in [0.3, 0.4) is 0 Å². The molecule has 0 N–H and O–H groups in total. The first-order valence-electron chi connectivity index (χ1n) is 6.48. The molecule has 3 nitrogen and oxygen atoms in total. The van der Waals surface area contributed by atoms with Crippen molar-refractivity contribution in [3.8, 4) is 0 Å². The zero-order valence-corrected chi connectivity index (χ0v) is 13.7. The van der Waals surface area contributed by atoms with Crippen molar-refractivity contribution in [2.45, 2.75) is 30.8 Å². The smallest absolute Gasteiger partial charge is 0.207 e. The van der Waals surface area contributed by atoms with E-state index in [4.69, 9.17) is 0 Å². The summed E-state index contributed by atoms with van der Waals surface area (Å²) in [6.45, 7) is 2.63. The molecule has 21 heavy (non-hydrogen) atoms. The molecule has 0 bridgehead atoms. The highest BCUT2D eigenvalue weighted by Crippen LogP contribution is 2.34. The summed E-state index contributed by atoms with van der Waals surface area (Å²) in [6.07, 6.45) is -2.93. The summed E-state index contributed by atoms with van der Waals surface area (Å²) >= 11 is 2.95. The predicted molar refractivity (Wildman–Crippen MR) is 76.3 cm³/mol. The normalized spacial score (nSPS) is 21.5. The molecular weight excluding hydrogens is 371 g/mol. The van der Waals surface area contributed by atoms with Gasteiger partial charge < -0.3 is 0 Å². The maximum Gasteiger partial charge on any atom is 0.416 e. The van der Waals surface area contributed by atoms with Crippen LogP contribution >= 0.6 is 15.9 Å². The lowest BCUT2D eigenvalue weighted by Gasteiger charge is -2.30. The quantitative estimate of drug-likeness (QED) is 0.774. The van der Waals surface area contributed by atoms with E-state index in [2.05, 4.69) is 15.9 Å². The monoisotopic (exact) mass is 385 g/mol. The molecule has 8 heteroatoms. The van der Waals surface area contributed by atoms with Crippen LogP contribution in [0, 0.1) is 5.92 Å². The number of piperidine rings is 1. The number of hydrogen-bond acceptors (Lipinski definition) is 2. The van der Waals surface area contributed by atoms with E-state index < -0.39 is 21.8 Å². The lowest BCUT2D eigenvalue weighted by atomic mass is 10.0. The fourth-order valence-electron chi connectivity index (χ4n) is 2.39. The van der Waals surface area contributed by atoms with Crippen LogP contribution in [-0.4, -0.2) is 25.8 Å². The van der Waals surface area contributed by atoms with Gasteiger partial charge in [-0.3, -0.25) is 0 Å². The minimum Gasteiger partial charge on any atom is -0.207 e. The van der Waals surface area contributed by atoms with Crippen LogP contribution in [0.25, 0.3) is 0 Å². The van der Waals surface area contributed by atoms with E-state index >= 15 is 0 Å². The molecule has 0 unspecified atom stereocenters. The maximum absolute atomic E-state index is 12.8. The fraction of sp³-hybridized carbons (Fsp3) is 0.538. The van der Waals surface area contributed by atoms with Crippen molar-refractivity contribution in [3.05, 3.63) is 28.2 Å². The lowest BCUT2D eigenvalue weighted by molar-refractivity contribution is -0.137. The van der Waals surface area contributed by atoms with E-state index in [0.717, 1.165) is 18.9 Å². The Balaban J connectivity index is 2.42. The van der Waals surface area contributed by atoms with Gasteiger partial charge in [-0.15, -0.1) is 0 Å². The summed E-state index contributed by atoms with van der Waals surface area (Å²) < 4.78 is 64.8. The summed E-state index contributed by atoms with van der Waals surface area (Å²) in [5.41, 5.74) is -0.972. The van der Waals surface area contributed by atoms with Gasteiger partial charge in [0.15, 0.2) is 0 Å². The van der Waals surface area contributed by atoms with Crippen molar-refractivity contribution < 1.29 is 21.6 Å². The summed E-state index contributed by atoms with van der Waals surface area (Å²) in [5, 5.41) is 0. The predicted octanol–water partition coefficient (Wildman–Crippen LogP) is 3.89. The van der Waals surface area contributed by atoms with Crippen LogP contribution in [0.4, 0.5) is 13.2 Å². The number of sulfonamides is 1. The van der Waals surface area contributed by atoms with E-state index in [-0.39, 0.29) is 15.3 Å². The van der Waals surface area contributed by atoms with E-state index in [1.165, 1.54) is 10.4 Å². The van der Waals surface area contributed by atoms with Crippen LogP contribution in [0.2, 0.25) is 0 Å². The Kier molecular flexibility index (Phi) is 4.70. The summed E-state index contributed by atoms with van der Waals surface area (Å²) in [5.74, 6) is 0.211. The Morgan fingerprint density at radius 2 is 1.95 bits per heavy atom. The Morgan fingerprint density at radius 3 is 2.52 bits per heavy atom. The molecule has 1 aliphatic rings. The SMILES string of the molecule is C[C@@H]1CCCN(S(=O)(=O)c2cc(Br)cc(C(F)(F)F)c2)C1. The molecule has 1 fully saturated rings. The van der Waals surface area contributed by atoms with Crippen molar-refractivity contribution in [2.75, 3.05) is 13.1 Å². The second-order valence-electron chi connectivity index (χ2n) is 5.28. The highest BCUT2D eigenvalue weighted by molar-refractivity contribution is 9.10. The van der Waals surface area contributed by atoms with E-state index in [0.29, 0.717) is 19.2 Å². The van der Waals surface area contributed by atoms with Gasteiger partial charge >= 0.3 is 6.18 Å². The minimum absolute atomic E-state index is 0.0981. The first kappa shape index (κ1) is 16.8. The standard InChI is InChI=1S/C13H15BrF3NO2S/c1-9-3-2-4-18(8-9)21(19,20)12-6-10(13(15,16)17)5-11(14)7-12/h5-7,9H,2-4,8H2,1H3/t9-/m1/s1. The highest BCUT2D eigenvalue weighted by atomic mass is 79.9. The van der Waals surface area contributed by atoms with Crippen molar-refractivity contribution >= 4 is 26.0 Å². The lowest BCUT2D eigenvalue weighted by Crippen LogP contribution is -2.39. The number of alkyl halides is 3. The first-order valence-corrected chi connectivity index (χ1v) is 8.72. The zero-order chi connectivity index (χ0) is 15.8. The molecule has 2 rings (SSSR count). The molecule has 1 aliphatic heterocycles. The van der Waals surface area contributed by atoms with Gasteiger partial charge in [0.2, 0.25) is 10.0 Å². The molecule has 1 heterocycles. The van der Waals surface area contributed by atoms with Crippen LogP contribution in [0.5, 0.6) is 0 Å². The highest BCUT2D eigenvalue weighted by Gasteiger charge is 2.34. The molecule has 0 spiro atoms. The summed E-state index contributed by atoms with van der Waals surface area (Å²) in [4.78, 5) is -0.321. The molecule has 1 aromatic carbocycles. The molecular formula is C13H15BrF3NO2S. The molecule has 118 valence electrons. The second-order valence-corrected chi connectivity index (χ2v) is 8.14. The van der Waals surface area contributed by atoms with Gasteiger partial charge in [0.25, 0.3) is 0 Å². The van der Waals surface area contributed by atoms with Crippen molar-refractivity contribution in [1.82, 2.24) is 4.31 Å². The molecule has 0 saturated carbocycles. The summed E-state index contributed by atoms with van der Waals surface area (Å²) in [7, 11) is -3.90. The zero-order valence-electron chi connectivity index (χ0n) is 11.3. The van der Waals surface area contributed by atoms with Gasteiger partial charge in [0.1, 0.15) is 0 Å². The molecule has 0 amide bonds. The fourth-order valence-corrected chi connectivity index (χ4v) is 4.70. The Bertz CT molecular complexity index is 631. The van der Waals surface area contributed by atoms with Gasteiger partial charge in [-0.05, 0) is 37.0 Å². The largest absolute Gasteiger partial charge is 0.416 e. The average molecular weight is 386 g/mol. The topological polar surface area (TPSA) is 37.4 Å². The number of rotatable bonds is 2. The molecule has 1 atom stereocenters. The number of nitrogens with zero attached hydrogens (tertiary/aromatic N) is 1. The van der Waals surface area contributed by atoms with E-state index in [1.54, 1.807) is 0 Å². The van der Waals surface area contributed by atoms with E-state index in [1.807, 2.05) is 6.92 Å². The van der Waals surface area contributed by atoms with Crippen molar-refractivity contribution in [2.24, 2.45) is 5.92 Å². The molecule has 1 saturated heterocycles. The Morgan fingerprint density at radius 1 is 1.29 bits per heavy atom. The number of hydrogen-bond donors (Lipinski definition) is 0. The maximum atomic E-state index is 12.8. The summed E-state index contributed by atoms with van der Waals surface area (Å²) in [6, 6.07) is 2.78. The molecule has 0 aromatic heterocycles. The van der Waals surface area contributed by atoms with Gasteiger partial charge in [-0.1, -0.05) is 22.9 Å². The van der Waals surface area contributed by atoms with Gasteiger partial charge in [-0.25, -0.2) is 8.42 Å². The van der Waals surface area contributed by atoms with Crippen LogP contribution < -0.4 is 0 Å². The number of halogens is 4. The molecule has 0 radical (unpaired) electrons. The van der Waals surface area contributed by atoms with Gasteiger partial charge in [0.05, 0.1) is 10.5 Å². The number of benzene rings is 1. The van der Waals surface area contributed by atoms with Gasteiger partial charge in [-0.2, -0.15) is 17.5 Å². The van der Waals surface area contributed by atoms with E-state index in [9.17, 15) is 21.6 Å². The third-order valence-corrected chi connectivity index (χ3v) is 5.76. The average Bonchev–Trinajstić information content (AvgIpc) is 2.37. The molecule has 1 aromatic rings. The Labute approximate surface area is 130 Å². The van der Waals surface area contributed by atoms with Crippen LogP contribution in [-0.2, 0) is 16.2 Å². The molecule has 0 aliphatic carbocycles. The Hall–Kier alpha value is -0.600. The van der Waals surface area contributed by atoms with Gasteiger partial charge in [0, 0.05) is 17.6 Å². The van der Waals surface area contributed by atoms with Crippen molar-refractivity contribution in [1.29, 1.82) is 0 Å². The minimum atomic E-state index is -4.58.